The van der Waals surface area contributed by atoms with Gasteiger partial charge in [-0.1, -0.05) is 48.3 Å². The first-order valence-electron chi connectivity index (χ1n) is 10.7. The van der Waals surface area contributed by atoms with E-state index < -0.39 is 29.4 Å². The van der Waals surface area contributed by atoms with Crippen LogP contribution in [0.3, 0.4) is 0 Å². The van der Waals surface area contributed by atoms with E-state index in [1.807, 2.05) is 0 Å². The molecule has 3 rings (SSSR count). The summed E-state index contributed by atoms with van der Waals surface area (Å²) in [6.07, 6.45) is -5.05. The molecule has 36 heavy (non-hydrogen) atoms. The van der Waals surface area contributed by atoms with Crippen molar-refractivity contribution in [3.8, 4) is 22.8 Å². The molecule has 1 aromatic heterocycles. The fourth-order valence-corrected chi connectivity index (χ4v) is 4.17. The summed E-state index contributed by atoms with van der Waals surface area (Å²) in [4.78, 5) is 15.5. The van der Waals surface area contributed by atoms with Gasteiger partial charge in [-0.15, -0.1) is 0 Å². The molecule has 2 atom stereocenters. The number of benzene rings is 2. The van der Waals surface area contributed by atoms with Gasteiger partial charge >= 0.3 is 12.3 Å². The Bertz CT molecular complexity index is 1240. The monoisotopic (exact) mass is 543 g/mol. The molecule has 0 saturated carbocycles. The van der Waals surface area contributed by atoms with E-state index >= 15 is 0 Å². The zero-order valence-corrected chi connectivity index (χ0v) is 20.9. The fraction of sp³-hybridized carbons (Fsp3) is 0.280. The largest absolute Gasteiger partial charge is 0.513 e. The van der Waals surface area contributed by atoms with Crippen LogP contribution < -0.4 is 9.47 Å². The molecule has 0 fully saturated rings. The van der Waals surface area contributed by atoms with Crippen molar-refractivity contribution in [1.29, 1.82) is 0 Å². The first-order valence-corrected chi connectivity index (χ1v) is 11.4. The maximum absolute atomic E-state index is 14.2. The SMILES string of the molecule is CCOC(=O)Oc1cc(-c2ccc(C(C)C(O)(c3ccc(OC)nc3)C(F)(F)F)c(Cl)c2)ccc1Cl. The summed E-state index contributed by atoms with van der Waals surface area (Å²) in [5.41, 5.74) is -2.62. The van der Waals surface area contributed by atoms with E-state index in [4.69, 9.17) is 37.4 Å². The molecule has 11 heteroatoms. The van der Waals surface area contributed by atoms with Crippen LogP contribution in [0.25, 0.3) is 11.1 Å². The summed E-state index contributed by atoms with van der Waals surface area (Å²) in [7, 11) is 1.33. The second kappa shape index (κ2) is 10.9. The Balaban J connectivity index is 1.99. The molecule has 0 bridgehead atoms. The average molecular weight is 544 g/mol. The van der Waals surface area contributed by atoms with Crippen molar-refractivity contribution >= 4 is 29.4 Å². The van der Waals surface area contributed by atoms with Crippen molar-refractivity contribution in [2.45, 2.75) is 31.5 Å². The number of ether oxygens (including phenoxy) is 3. The molecule has 3 aromatic rings. The highest BCUT2D eigenvalue weighted by Gasteiger charge is 2.59. The number of hydrogen-bond donors (Lipinski definition) is 1. The van der Waals surface area contributed by atoms with Crippen molar-refractivity contribution in [2.75, 3.05) is 13.7 Å². The minimum absolute atomic E-state index is 0.00745. The van der Waals surface area contributed by atoms with Crippen molar-refractivity contribution in [3.05, 3.63) is 75.9 Å². The van der Waals surface area contributed by atoms with Crippen molar-refractivity contribution in [1.82, 2.24) is 4.98 Å². The quantitative estimate of drug-likeness (QED) is 0.252. The van der Waals surface area contributed by atoms with Crippen LogP contribution in [0.4, 0.5) is 18.0 Å². The first-order chi connectivity index (χ1) is 16.9. The zero-order valence-electron chi connectivity index (χ0n) is 19.4. The number of carbonyl (C=O) groups is 1. The second-order valence-electron chi connectivity index (χ2n) is 7.74. The molecule has 0 amide bonds. The lowest BCUT2D eigenvalue weighted by molar-refractivity contribution is -0.274. The third kappa shape index (κ3) is 5.53. The maximum atomic E-state index is 14.2. The first kappa shape index (κ1) is 27.6. The Morgan fingerprint density at radius 2 is 1.72 bits per heavy atom. The third-order valence-electron chi connectivity index (χ3n) is 5.63. The molecule has 0 spiro atoms. The van der Waals surface area contributed by atoms with Crippen LogP contribution in [0.5, 0.6) is 11.6 Å². The van der Waals surface area contributed by atoms with Crippen LogP contribution in [0.15, 0.2) is 54.7 Å². The summed E-state index contributed by atoms with van der Waals surface area (Å²) < 4.78 is 57.4. The van der Waals surface area contributed by atoms with E-state index in [2.05, 4.69) is 4.98 Å². The Morgan fingerprint density at radius 1 is 1.06 bits per heavy atom. The molecule has 0 aliphatic rings. The molecule has 1 N–H and O–H groups in total. The molecular weight excluding hydrogens is 522 g/mol. The zero-order chi connectivity index (χ0) is 26.7. The molecule has 0 radical (unpaired) electrons. The highest BCUT2D eigenvalue weighted by Crippen LogP contribution is 2.50. The van der Waals surface area contributed by atoms with Crippen molar-refractivity contribution in [3.63, 3.8) is 0 Å². The van der Waals surface area contributed by atoms with E-state index in [9.17, 15) is 23.1 Å². The highest BCUT2D eigenvalue weighted by atomic mass is 35.5. The summed E-state index contributed by atoms with van der Waals surface area (Å²) >= 11 is 12.5. The normalized spacial score (nSPS) is 14.0. The lowest BCUT2D eigenvalue weighted by Gasteiger charge is -2.36. The van der Waals surface area contributed by atoms with Gasteiger partial charge in [0.1, 0.15) is 0 Å². The van der Waals surface area contributed by atoms with Gasteiger partial charge in [0.15, 0.2) is 11.4 Å². The van der Waals surface area contributed by atoms with Crippen LogP contribution in [-0.2, 0) is 10.3 Å². The lowest BCUT2D eigenvalue weighted by atomic mass is 9.78. The van der Waals surface area contributed by atoms with Gasteiger partial charge < -0.3 is 19.3 Å². The van der Waals surface area contributed by atoms with Gasteiger partial charge in [-0.25, -0.2) is 9.78 Å². The number of methoxy groups -OCH3 is 1. The average Bonchev–Trinajstić information content (AvgIpc) is 2.84. The van der Waals surface area contributed by atoms with Gasteiger partial charge in [-0.2, -0.15) is 13.2 Å². The molecule has 2 aromatic carbocycles. The Hall–Kier alpha value is -3.01. The smallest absolute Gasteiger partial charge is 0.481 e. The molecule has 6 nitrogen and oxygen atoms in total. The highest BCUT2D eigenvalue weighted by molar-refractivity contribution is 6.32. The number of rotatable bonds is 7. The summed E-state index contributed by atoms with van der Waals surface area (Å²) in [5.74, 6) is -1.35. The van der Waals surface area contributed by atoms with Gasteiger partial charge in [0.2, 0.25) is 5.88 Å². The molecule has 0 aliphatic heterocycles. The predicted molar refractivity (Wildman–Crippen MR) is 129 cm³/mol. The van der Waals surface area contributed by atoms with Gasteiger partial charge in [-0.05, 0) is 47.9 Å². The molecule has 0 saturated heterocycles. The van der Waals surface area contributed by atoms with Crippen LogP contribution in [0.2, 0.25) is 10.0 Å². The second-order valence-corrected chi connectivity index (χ2v) is 8.56. The third-order valence-corrected chi connectivity index (χ3v) is 6.27. The van der Waals surface area contributed by atoms with E-state index in [-0.39, 0.29) is 33.8 Å². The number of alkyl halides is 3. The molecule has 1 heterocycles. The Morgan fingerprint density at radius 3 is 2.28 bits per heavy atom. The fourth-order valence-electron chi connectivity index (χ4n) is 3.67. The molecule has 0 aliphatic carbocycles. The van der Waals surface area contributed by atoms with E-state index in [0.717, 1.165) is 12.3 Å². The summed E-state index contributed by atoms with van der Waals surface area (Å²) in [6, 6.07) is 11.3. The predicted octanol–water partition coefficient (Wildman–Crippen LogP) is 7.15. The minimum Gasteiger partial charge on any atom is -0.481 e. The number of nitrogens with zero attached hydrogens (tertiary/aromatic N) is 1. The van der Waals surface area contributed by atoms with Crippen LogP contribution >= 0.6 is 23.2 Å². The Labute approximate surface area is 215 Å². The lowest BCUT2D eigenvalue weighted by Crippen LogP contribution is -2.46. The van der Waals surface area contributed by atoms with Gasteiger partial charge in [0.25, 0.3) is 0 Å². The number of aromatic nitrogens is 1. The van der Waals surface area contributed by atoms with Crippen LogP contribution in [0, 0.1) is 0 Å². The standard InChI is InChI=1S/C25H22Cl2F3NO5/c1-4-35-23(32)36-21-12-16(6-9-19(21)26)15-5-8-18(20(27)11-15)14(2)24(33,25(28,29)30)17-7-10-22(34-3)31-13-17/h5-14,33H,4H2,1-3H3. The van der Waals surface area contributed by atoms with E-state index in [1.165, 1.54) is 50.4 Å². The topological polar surface area (TPSA) is 77.9 Å². The van der Waals surface area contributed by atoms with Crippen LogP contribution in [-0.4, -0.2) is 36.1 Å². The number of aliphatic hydroxyl groups is 1. The molecule has 192 valence electrons. The van der Waals surface area contributed by atoms with E-state index in [1.54, 1.807) is 13.0 Å². The number of pyridine rings is 1. The Kier molecular flexibility index (Phi) is 8.38. The number of hydrogen-bond acceptors (Lipinski definition) is 6. The van der Waals surface area contributed by atoms with Gasteiger partial charge in [0, 0.05) is 28.8 Å². The van der Waals surface area contributed by atoms with Crippen LogP contribution in [0.1, 0.15) is 30.9 Å². The number of halogens is 5. The van der Waals surface area contributed by atoms with Crippen molar-refractivity contribution < 1.29 is 37.3 Å². The number of carbonyl (C=O) groups excluding carboxylic acids is 1. The van der Waals surface area contributed by atoms with Crippen molar-refractivity contribution in [2.24, 2.45) is 0 Å². The summed E-state index contributed by atoms with van der Waals surface area (Å²) in [6.45, 7) is 2.96. The maximum Gasteiger partial charge on any atom is 0.513 e. The molecular formula is C25H22Cl2F3NO5. The van der Waals surface area contributed by atoms with Gasteiger partial charge in [0.05, 0.1) is 18.7 Å². The molecule has 2 unspecified atom stereocenters. The van der Waals surface area contributed by atoms with Gasteiger partial charge in [-0.3, -0.25) is 0 Å². The van der Waals surface area contributed by atoms with E-state index in [0.29, 0.717) is 11.1 Å². The minimum atomic E-state index is -5.04. The summed E-state index contributed by atoms with van der Waals surface area (Å²) in [5, 5.41) is 11.1.